The van der Waals surface area contributed by atoms with Gasteiger partial charge in [0.05, 0.1) is 24.5 Å². The van der Waals surface area contributed by atoms with E-state index in [-0.39, 0.29) is 0 Å². The largest absolute Gasteiger partial charge is 0.382 e. The molecular weight excluding hydrogens is 294 g/mol. The maximum Gasteiger partial charge on any atom is 0.101 e. The van der Waals surface area contributed by atoms with E-state index < -0.39 is 0 Å². The zero-order valence-corrected chi connectivity index (χ0v) is 12.3. The molecule has 1 N–H and O–H groups in total. The zero-order valence-electron chi connectivity index (χ0n) is 10.7. The van der Waals surface area contributed by atoms with Crippen molar-refractivity contribution in [3.8, 4) is 6.07 Å². The van der Waals surface area contributed by atoms with Gasteiger partial charge in [-0.2, -0.15) is 5.26 Å². The van der Waals surface area contributed by atoms with Crippen LogP contribution in [0.1, 0.15) is 5.56 Å². The highest BCUT2D eigenvalue weighted by molar-refractivity contribution is 9.10. The normalized spacial score (nSPS) is 10.4. The molecule has 0 aliphatic rings. The lowest BCUT2D eigenvalue weighted by atomic mass is 10.2. The molecule has 0 aromatic heterocycles. The van der Waals surface area contributed by atoms with Crippen LogP contribution in [0.25, 0.3) is 0 Å². The summed E-state index contributed by atoms with van der Waals surface area (Å²) in [5.41, 5.74) is 1.48. The minimum atomic E-state index is 0.630. The fourth-order valence-electron chi connectivity index (χ4n) is 1.37. The highest BCUT2D eigenvalue weighted by atomic mass is 79.9. The van der Waals surface area contributed by atoms with Crippen molar-refractivity contribution in [2.45, 2.75) is 0 Å². The topological polar surface area (TPSA) is 48.3 Å². The minimum absolute atomic E-state index is 0.630. The third kappa shape index (κ3) is 5.50. The Labute approximate surface area is 117 Å². The first-order chi connectivity index (χ1) is 8.63. The molecule has 0 bridgehead atoms. The maximum atomic E-state index is 8.97. The molecule has 0 aliphatic heterocycles. The van der Waals surface area contributed by atoms with Crippen LogP contribution < -0.4 is 5.32 Å². The van der Waals surface area contributed by atoms with E-state index in [1.54, 1.807) is 6.07 Å². The summed E-state index contributed by atoms with van der Waals surface area (Å²) < 4.78 is 6.43. The molecule has 4 nitrogen and oxygen atoms in total. The average Bonchev–Trinajstić information content (AvgIpc) is 2.33. The van der Waals surface area contributed by atoms with Gasteiger partial charge in [-0.15, -0.1) is 0 Å². The monoisotopic (exact) mass is 311 g/mol. The summed E-state index contributed by atoms with van der Waals surface area (Å²) in [6.45, 7) is 2.96. The molecule has 0 amide bonds. The second kappa shape index (κ2) is 8.09. The molecule has 0 atom stereocenters. The van der Waals surface area contributed by atoms with Crippen LogP contribution in [0, 0.1) is 11.3 Å². The Morgan fingerprint density at radius 3 is 2.83 bits per heavy atom. The molecule has 0 unspecified atom stereocenters. The Morgan fingerprint density at radius 1 is 1.39 bits per heavy atom. The van der Waals surface area contributed by atoms with Gasteiger partial charge in [-0.25, -0.2) is 0 Å². The van der Waals surface area contributed by atoms with Gasteiger partial charge in [0.1, 0.15) is 6.07 Å². The van der Waals surface area contributed by atoms with E-state index >= 15 is 0 Å². The van der Waals surface area contributed by atoms with E-state index in [2.05, 4.69) is 32.2 Å². The fraction of sp³-hybridized carbons (Fsp3) is 0.462. The number of hydrogen-bond donors (Lipinski definition) is 1. The Bertz CT molecular complexity index is 415. The molecule has 0 heterocycles. The molecule has 1 aromatic rings. The van der Waals surface area contributed by atoms with Crippen molar-refractivity contribution >= 4 is 21.6 Å². The first-order valence-electron chi connectivity index (χ1n) is 5.79. The van der Waals surface area contributed by atoms with Gasteiger partial charge in [0, 0.05) is 17.6 Å². The Kier molecular flexibility index (Phi) is 6.73. The van der Waals surface area contributed by atoms with Crippen molar-refractivity contribution in [1.29, 1.82) is 5.26 Å². The van der Waals surface area contributed by atoms with Crippen LogP contribution >= 0.6 is 15.9 Å². The first kappa shape index (κ1) is 15.0. The second-order valence-corrected chi connectivity index (χ2v) is 5.06. The molecule has 5 heteroatoms. The summed E-state index contributed by atoms with van der Waals surface area (Å²) >= 11 is 3.39. The molecule has 0 radical (unpaired) electrons. The van der Waals surface area contributed by atoms with Crippen molar-refractivity contribution in [2.24, 2.45) is 0 Å². The SMILES string of the molecule is CN(C)CCOCCNc1cc(Br)ccc1C#N. The van der Waals surface area contributed by atoms with Crippen LogP contribution in [0.15, 0.2) is 22.7 Å². The van der Waals surface area contributed by atoms with Gasteiger partial charge in [-0.05, 0) is 32.3 Å². The summed E-state index contributed by atoms with van der Waals surface area (Å²) in [4.78, 5) is 2.08. The standard InChI is InChI=1S/C13H18BrN3O/c1-17(2)6-8-18-7-5-16-13-9-12(14)4-3-11(13)10-15/h3-4,9,16H,5-8H2,1-2H3. The molecule has 1 rings (SSSR count). The summed E-state index contributed by atoms with van der Waals surface area (Å²) in [6, 6.07) is 7.71. The van der Waals surface area contributed by atoms with Crippen LogP contribution in [0.2, 0.25) is 0 Å². The van der Waals surface area contributed by atoms with Crippen molar-refractivity contribution in [2.75, 3.05) is 45.7 Å². The Hall–Kier alpha value is -1.09. The van der Waals surface area contributed by atoms with E-state index in [4.69, 9.17) is 10.00 Å². The van der Waals surface area contributed by atoms with Crippen LogP contribution in [0.3, 0.4) is 0 Å². The van der Waals surface area contributed by atoms with Crippen LogP contribution in [0.4, 0.5) is 5.69 Å². The minimum Gasteiger partial charge on any atom is -0.382 e. The maximum absolute atomic E-state index is 8.97. The van der Waals surface area contributed by atoms with Crippen LogP contribution in [-0.2, 0) is 4.74 Å². The molecular formula is C13H18BrN3O. The summed E-state index contributed by atoms with van der Waals surface area (Å²) in [6.07, 6.45) is 0. The number of ether oxygens (including phenoxy) is 1. The lowest BCUT2D eigenvalue weighted by Gasteiger charge is -2.11. The molecule has 0 saturated carbocycles. The predicted octanol–water partition coefficient (Wildman–Crippen LogP) is 2.31. The van der Waals surface area contributed by atoms with Crippen molar-refractivity contribution in [1.82, 2.24) is 4.90 Å². The number of nitrogens with zero attached hydrogens (tertiary/aromatic N) is 2. The van der Waals surface area contributed by atoms with Gasteiger partial charge in [-0.3, -0.25) is 0 Å². The van der Waals surface area contributed by atoms with E-state index in [1.807, 2.05) is 26.2 Å². The van der Waals surface area contributed by atoms with E-state index in [9.17, 15) is 0 Å². The van der Waals surface area contributed by atoms with Gasteiger partial charge >= 0.3 is 0 Å². The number of nitrogens with one attached hydrogen (secondary N) is 1. The number of halogens is 1. The number of hydrogen-bond acceptors (Lipinski definition) is 4. The number of benzene rings is 1. The molecule has 98 valence electrons. The van der Waals surface area contributed by atoms with E-state index in [0.29, 0.717) is 18.7 Å². The molecule has 18 heavy (non-hydrogen) atoms. The number of anilines is 1. The molecule has 1 aromatic carbocycles. The Balaban J connectivity index is 2.31. The quantitative estimate of drug-likeness (QED) is 0.785. The lowest BCUT2D eigenvalue weighted by molar-refractivity contribution is 0.126. The van der Waals surface area contributed by atoms with Crippen LogP contribution in [0.5, 0.6) is 0 Å². The van der Waals surface area contributed by atoms with E-state index in [0.717, 1.165) is 23.3 Å². The number of likely N-dealkylation sites (N-methyl/N-ethyl adjacent to an activating group) is 1. The van der Waals surface area contributed by atoms with Crippen LogP contribution in [-0.4, -0.2) is 45.3 Å². The number of rotatable bonds is 7. The fourth-order valence-corrected chi connectivity index (χ4v) is 1.73. The van der Waals surface area contributed by atoms with Crippen molar-refractivity contribution in [3.05, 3.63) is 28.2 Å². The highest BCUT2D eigenvalue weighted by Gasteiger charge is 2.01. The molecule has 0 spiro atoms. The van der Waals surface area contributed by atoms with Crippen molar-refractivity contribution in [3.63, 3.8) is 0 Å². The second-order valence-electron chi connectivity index (χ2n) is 4.14. The lowest BCUT2D eigenvalue weighted by Crippen LogP contribution is -2.20. The molecule has 0 saturated heterocycles. The molecule has 0 aliphatic carbocycles. The van der Waals surface area contributed by atoms with Gasteiger partial charge in [0.15, 0.2) is 0 Å². The highest BCUT2D eigenvalue weighted by Crippen LogP contribution is 2.20. The molecule has 0 fully saturated rings. The smallest absolute Gasteiger partial charge is 0.101 e. The number of nitriles is 1. The predicted molar refractivity (Wildman–Crippen MR) is 76.7 cm³/mol. The van der Waals surface area contributed by atoms with Gasteiger partial charge in [0.2, 0.25) is 0 Å². The zero-order chi connectivity index (χ0) is 13.4. The summed E-state index contributed by atoms with van der Waals surface area (Å²) in [5.74, 6) is 0. The first-order valence-corrected chi connectivity index (χ1v) is 6.59. The average molecular weight is 312 g/mol. The van der Waals surface area contributed by atoms with Gasteiger partial charge in [0.25, 0.3) is 0 Å². The van der Waals surface area contributed by atoms with Crippen molar-refractivity contribution < 1.29 is 4.74 Å². The third-order valence-corrected chi connectivity index (χ3v) is 2.84. The van der Waals surface area contributed by atoms with Gasteiger partial charge in [-0.1, -0.05) is 15.9 Å². The summed E-state index contributed by atoms with van der Waals surface area (Å²) in [5, 5.41) is 12.2. The van der Waals surface area contributed by atoms with Gasteiger partial charge < -0.3 is 15.0 Å². The summed E-state index contributed by atoms with van der Waals surface area (Å²) in [7, 11) is 4.03. The Morgan fingerprint density at radius 2 is 2.17 bits per heavy atom. The third-order valence-electron chi connectivity index (χ3n) is 2.35. The van der Waals surface area contributed by atoms with E-state index in [1.165, 1.54) is 0 Å².